The quantitative estimate of drug-likeness (QED) is 0.648. The number of hydrogen-bond donors (Lipinski definition) is 0. The lowest BCUT2D eigenvalue weighted by Crippen LogP contribution is -2.32. The molecule has 0 bridgehead atoms. The Morgan fingerprint density at radius 1 is 0.929 bits per heavy atom. The van der Waals surface area contributed by atoms with Gasteiger partial charge >= 0.3 is 0 Å². The normalized spacial score (nSPS) is 14.1. The molecule has 28 heavy (non-hydrogen) atoms. The molecule has 3 heterocycles. The summed E-state index contributed by atoms with van der Waals surface area (Å²) in [5, 5.41) is 0. The molecule has 0 saturated carbocycles. The molecule has 0 atom stereocenters. The van der Waals surface area contributed by atoms with Gasteiger partial charge in [0.15, 0.2) is 0 Å². The van der Waals surface area contributed by atoms with Crippen molar-refractivity contribution in [2.75, 3.05) is 36.5 Å². The van der Waals surface area contributed by atoms with Crippen LogP contribution in [0.1, 0.15) is 24.8 Å². The summed E-state index contributed by atoms with van der Waals surface area (Å²) in [6.07, 6.45) is 8.39. The first-order valence-corrected chi connectivity index (χ1v) is 10.1. The molecular weight excluding hydrogens is 346 g/mol. The van der Waals surface area contributed by atoms with Gasteiger partial charge in [-0.05, 0) is 43.4 Å². The zero-order chi connectivity index (χ0) is 19.2. The van der Waals surface area contributed by atoms with Gasteiger partial charge < -0.3 is 9.80 Å². The maximum absolute atomic E-state index is 4.92. The van der Waals surface area contributed by atoms with E-state index in [1.165, 1.54) is 24.8 Å². The highest BCUT2D eigenvalue weighted by Crippen LogP contribution is 2.26. The highest BCUT2D eigenvalue weighted by atomic mass is 15.3. The highest BCUT2D eigenvalue weighted by Gasteiger charge is 2.17. The van der Waals surface area contributed by atoms with E-state index < -0.39 is 0 Å². The molecule has 3 aromatic rings. The van der Waals surface area contributed by atoms with Crippen LogP contribution in [-0.4, -0.2) is 41.6 Å². The van der Waals surface area contributed by atoms with Crippen molar-refractivity contribution in [3.05, 3.63) is 66.5 Å². The SMILES string of the molecule is CN(CCc1ccncc1)c1cc(-c2ccccc2)nc(N2CCCCC2)n1. The second kappa shape index (κ2) is 8.83. The lowest BCUT2D eigenvalue weighted by Gasteiger charge is -2.28. The molecule has 5 nitrogen and oxygen atoms in total. The Morgan fingerprint density at radius 3 is 2.43 bits per heavy atom. The Kier molecular flexibility index (Phi) is 5.80. The Labute approximate surface area is 167 Å². The van der Waals surface area contributed by atoms with Gasteiger partial charge in [-0.2, -0.15) is 4.98 Å². The molecule has 4 rings (SSSR count). The van der Waals surface area contributed by atoms with Gasteiger partial charge in [-0.15, -0.1) is 0 Å². The number of hydrogen-bond acceptors (Lipinski definition) is 5. The van der Waals surface area contributed by atoms with Crippen LogP contribution in [0.4, 0.5) is 11.8 Å². The minimum absolute atomic E-state index is 0.854. The van der Waals surface area contributed by atoms with E-state index in [4.69, 9.17) is 9.97 Å². The van der Waals surface area contributed by atoms with Gasteiger partial charge in [0.25, 0.3) is 0 Å². The molecule has 1 aliphatic rings. The van der Waals surface area contributed by atoms with E-state index in [1.807, 2.05) is 18.5 Å². The van der Waals surface area contributed by atoms with Gasteiger partial charge in [0.05, 0.1) is 5.69 Å². The summed E-state index contributed by atoms with van der Waals surface area (Å²) in [6, 6.07) is 16.6. The zero-order valence-electron chi connectivity index (χ0n) is 16.5. The van der Waals surface area contributed by atoms with E-state index in [0.717, 1.165) is 49.1 Å². The first-order chi connectivity index (χ1) is 13.8. The molecular formula is C23H27N5. The van der Waals surface area contributed by atoms with Crippen LogP contribution in [0.2, 0.25) is 0 Å². The minimum Gasteiger partial charge on any atom is -0.359 e. The third kappa shape index (κ3) is 4.47. The summed E-state index contributed by atoms with van der Waals surface area (Å²) >= 11 is 0. The van der Waals surface area contributed by atoms with E-state index in [9.17, 15) is 0 Å². The number of pyridine rings is 1. The molecule has 0 amide bonds. The van der Waals surface area contributed by atoms with Crippen LogP contribution in [0.5, 0.6) is 0 Å². The Morgan fingerprint density at radius 2 is 1.68 bits per heavy atom. The van der Waals surface area contributed by atoms with Gasteiger partial charge in [0, 0.05) is 50.7 Å². The van der Waals surface area contributed by atoms with Crippen molar-refractivity contribution in [1.29, 1.82) is 0 Å². The Balaban J connectivity index is 1.61. The van der Waals surface area contributed by atoms with Crippen molar-refractivity contribution in [2.45, 2.75) is 25.7 Å². The van der Waals surface area contributed by atoms with Crippen LogP contribution >= 0.6 is 0 Å². The van der Waals surface area contributed by atoms with E-state index in [2.05, 4.69) is 64.3 Å². The van der Waals surface area contributed by atoms with E-state index in [0.29, 0.717) is 0 Å². The number of nitrogens with zero attached hydrogens (tertiary/aromatic N) is 5. The van der Waals surface area contributed by atoms with E-state index in [-0.39, 0.29) is 0 Å². The summed E-state index contributed by atoms with van der Waals surface area (Å²) in [6.45, 7) is 2.98. The lowest BCUT2D eigenvalue weighted by molar-refractivity contribution is 0.568. The molecule has 1 aromatic carbocycles. The van der Waals surface area contributed by atoms with E-state index >= 15 is 0 Å². The second-order valence-corrected chi connectivity index (χ2v) is 7.35. The third-order valence-corrected chi connectivity index (χ3v) is 5.29. The Bertz CT molecular complexity index is 876. The molecule has 1 fully saturated rings. The molecule has 0 spiro atoms. The fraction of sp³-hybridized carbons (Fsp3) is 0.348. The molecule has 2 aromatic heterocycles. The first kappa shape index (κ1) is 18.4. The Hall–Kier alpha value is -2.95. The van der Waals surface area contributed by atoms with Gasteiger partial charge in [-0.1, -0.05) is 30.3 Å². The van der Waals surface area contributed by atoms with Gasteiger partial charge in [-0.25, -0.2) is 4.98 Å². The second-order valence-electron chi connectivity index (χ2n) is 7.35. The van der Waals surface area contributed by atoms with Crippen molar-refractivity contribution in [3.8, 4) is 11.3 Å². The summed E-state index contributed by atoms with van der Waals surface area (Å²) in [5.74, 6) is 1.83. The summed E-state index contributed by atoms with van der Waals surface area (Å²) < 4.78 is 0. The minimum atomic E-state index is 0.854. The van der Waals surface area contributed by atoms with Crippen molar-refractivity contribution in [3.63, 3.8) is 0 Å². The number of rotatable bonds is 6. The van der Waals surface area contributed by atoms with Crippen LogP contribution < -0.4 is 9.80 Å². The largest absolute Gasteiger partial charge is 0.359 e. The number of benzene rings is 1. The summed E-state index contributed by atoms with van der Waals surface area (Å²) in [7, 11) is 2.11. The molecule has 0 aliphatic carbocycles. The molecule has 0 radical (unpaired) electrons. The van der Waals surface area contributed by atoms with Crippen molar-refractivity contribution in [1.82, 2.24) is 15.0 Å². The number of aromatic nitrogens is 3. The summed E-state index contributed by atoms with van der Waals surface area (Å²) in [4.78, 5) is 18.5. The molecule has 1 aliphatic heterocycles. The molecule has 0 unspecified atom stereocenters. The fourth-order valence-electron chi connectivity index (χ4n) is 3.57. The average Bonchev–Trinajstić information content (AvgIpc) is 2.79. The van der Waals surface area contributed by atoms with Crippen LogP contribution in [0.25, 0.3) is 11.3 Å². The predicted octanol–water partition coefficient (Wildman–Crippen LogP) is 4.21. The number of piperidine rings is 1. The van der Waals surface area contributed by atoms with Crippen molar-refractivity contribution < 1.29 is 0 Å². The fourth-order valence-corrected chi connectivity index (χ4v) is 3.57. The molecule has 144 valence electrons. The number of likely N-dealkylation sites (N-methyl/N-ethyl adjacent to an activating group) is 1. The van der Waals surface area contributed by atoms with Crippen LogP contribution in [0.3, 0.4) is 0 Å². The van der Waals surface area contributed by atoms with Gasteiger partial charge in [0.2, 0.25) is 5.95 Å². The lowest BCUT2D eigenvalue weighted by atomic mass is 10.1. The topological polar surface area (TPSA) is 45.2 Å². The van der Waals surface area contributed by atoms with Gasteiger partial charge in [0.1, 0.15) is 5.82 Å². The first-order valence-electron chi connectivity index (χ1n) is 10.1. The maximum atomic E-state index is 4.92. The summed E-state index contributed by atoms with van der Waals surface area (Å²) in [5.41, 5.74) is 3.41. The standard InChI is InChI=1S/C23H27N5/c1-27(17-12-19-10-13-24-14-11-19)22-18-21(20-8-4-2-5-9-20)25-23(26-22)28-15-6-3-7-16-28/h2,4-5,8-11,13-14,18H,3,6-7,12,15-17H2,1H3. The monoisotopic (exact) mass is 373 g/mol. The van der Waals surface area contributed by atoms with Crippen molar-refractivity contribution >= 4 is 11.8 Å². The molecule has 0 N–H and O–H groups in total. The van der Waals surface area contributed by atoms with Gasteiger partial charge in [-0.3, -0.25) is 4.98 Å². The molecule has 1 saturated heterocycles. The maximum Gasteiger partial charge on any atom is 0.227 e. The average molecular weight is 374 g/mol. The van der Waals surface area contributed by atoms with Crippen LogP contribution in [0.15, 0.2) is 60.9 Å². The smallest absolute Gasteiger partial charge is 0.227 e. The molecule has 5 heteroatoms. The van der Waals surface area contributed by atoms with Crippen molar-refractivity contribution in [2.24, 2.45) is 0 Å². The number of anilines is 2. The third-order valence-electron chi connectivity index (χ3n) is 5.29. The van der Waals surface area contributed by atoms with Crippen LogP contribution in [-0.2, 0) is 6.42 Å². The van der Waals surface area contributed by atoms with E-state index in [1.54, 1.807) is 0 Å². The highest BCUT2D eigenvalue weighted by molar-refractivity contribution is 5.65. The van der Waals surface area contributed by atoms with Crippen LogP contribution in [0, 0.1) is 0 Å². The zero-order valence-corrected chi connectivity index (χ0v) is 16.5. The predicted molar refractivity (Wildman–Crippen MR) is 115 cm³/mol.